The zero-order valence-corrected chi connectivity index (χ0v) is 8.07. The highest BCUT2D eigenvalue weighted by molar-refractivity contribution is 5.71. The van der Waals surface area contributed by atoms with E-state index in [0.29, 0.717) is 0 Å². The number of nitrogens with two attached hydrogens (primary N) is 1. The highest BCUT2D eigenvalue weighted by atomic mass is 15.1. The maximum absolute atomic E-state index is 5.32. The Morgan fingerprint density at radius 3 is 3.00 bits per heavy atom. The Hall–Kier alpha value is -2.30. The van der Waals surface area contributed by atoms with E-state index in [1.165, 1.54) is 6.34 Å². The first-order valence-corrected chi connectivity index (χ1v) is 4.43. The van der Waals surface area contributed by atoms with Gasteiger partial charge in [-0.15, -0.1) is 0 Å². The van der Waals surface area contributed by atoms with Gasteiger partial charge in [-0.3, -0.25) is 5.10 Å². The first-order valence-electron chi connectivity index (χ1n) is 4.43. The maximum Gasteiger partial charge on any atom is 0.0860 e. The molecule has 0 fully saturated rings. The molecule has 2 heterocycles. The second kappa shape index (κ2) is 3.83. The van der Waals surface area contributed by atoms with E-state index < -0.39 is 0 Å². The fourth-order valence-electron chi connectivity index (χ4n) is 1.38. The molecule has 0 spiro atoms. The maximum atomic E-state index is 5.32. The lowest BCUT2D eigenvalue weighted by atomic mass is 10.2. The SMILES string of the molecule is C=c1[nH]cc/c1=C(/N=CN)c1cn[nH]c1. The molecule has 0 radical (unpaired) electrons. The van der Waals surface area contributed by atoms with E-state index in [-0.39, 0.29) is 0 Å². The summed E-state index contributed by atoms with van der Waals surface area (Å²) in [5, 5.41) is 8.33. The summed E-state index contributed by atoms with van der Waals surface area (Å²) in [5.41, 5.74) is 6.94. The van der Waals surface area contributed by atoms with Crippen LogP contribution >= 0.6 is 0 Å². The van der Waals surface area contributed by atoms with E-state index in [1.807, 2.05) is 12.3 Å². The predicted molar refractivity (Wildman–Crippen MR) is 59.3 cm³/mol. The van der Waals surface area contributed by atoms with Crippen LogP contribution in [-0.2, 0) is 0 Å². The molecule has 0 aliphatic carbocycles. The number of hydrogen-bond acceptors (Lipinski definition) is 2. The smallest absolute Gasteiger partial charge is 0.0860 e. The summed E-state index contributed by atoms with van der Waals surface area (Å²) in [5.74, 6) is 0. The Morgan fingerprint density at radius 1 is 1.60 bits per heavy atom. The minimum absolute atomic E-state index is 0.748. The van der Waals surface area contributed by atoms with Gasteiger partial charge in [0.25, 0.3) is 0 Å². The summed E-state index contributed by atoms with van der Waals surface area (Å²) in [4.78, 5) is 7.11. The molecule has 15 heavy (non-hydrogen) atoms. The molecule has 0 amide bonds. The van der Waals surface area contributed by atoms with Gasteiger partial charge < -0.3 is 10.7 Å². The molecule has 0 atom stereocenters. The summed E-state index contributed by atoms with van der Waals surface area (Å²) in [6, 6.07) is 1.90. The highest BCUT2D eigenvalue weighted by Crippen LogP contribution is 2.08. The standard InChI is InChI=1S/C10H11N5/c1-7-9(2-3-12-7)10(13-6-11)8-4-14-15-5-8/h2-6,12H,1H2,(H2,11,13)(H,14,15)/b10-9-. The van der Waals surface area contributed by atoms with Crippen molar-refractivity contribution in [3.63, 3.8) is 0 Å². The predicted octanol–water partition coefficient (Wildman–Crippen LogP) is -0.708. The van der Waals surface area contributed by atoms with Crippen molar-refractivity contribution in [3.05, 3.63) is 40.8 Å². The van der Waals surface area contributed by atoms with Crippen LogP contribution in [0.25, 0.3) is 12.3 Å². The van der Waals surface area contributed by atoms with Crippen LogP contribution in [0.1, 0.15) is 5.56 Å². The van der Waals surface area contributed by atoms with Gasteiger partial charge in [-0.2, -0.15) is 5.10 Å². The normalized spacial score (nSPS) is 13.3. The second-order valence-corrected chi connectivity index (χ2v) is 2.98. The van der Waals surface area contributed by atoms with E-state index >= 15 is 0 Å². The van der Waals surface area contributed by atoms with Crippen LogP contribution in [0.2, 0.25) is 0 Å². The van der Waals surface area contributed by atoms with Gasteiger partial charge >= 0.3 is 0 Å². The van der Waals surface area contributed by atoms with Gasteiger partial charge in [0.05, 0.1) is 18.2 Å². The van der Waals surface area contributed by atoms with Crippen molar-refractivity contribution < 1.29 is 0 Å². The minimum Gasteiger partial charge on any atom is -0.390 e. The fraction of sp³-hybridized carbons (Fsp3) is 0. The van der Waals surface area contributed by atoms with E-state index in [0.717, 1.165) is 21.8 Å². The molecule has 2 aromatic heterocycles. The third-order valence-electron chi connectivity index (χ3n) is 2.06. The molecule has 2 aromatic rings. The molecule has 0 bridgehead atoms. The summed E-state index contributed by atoms with van der Waals surface area (Å²) in [7, 11) is 0. The number of aliphatic imine (C=N–C) groups is 1. The largest absolute Gasteiger partial charge is 0.390 e. The first-order chi connectivity index (χ1) is 7.33. The van der Waals surface area contributed by atoms with Crippen molar-refractivity contribution in [1.29, 1.82) is 0 Å². The summed E-state index contributed by atoms with van der Waals surface area (Å²) in [6.45, 7) is 3.87. The summed E-state index contributed by atoms with van der Waals surface area (Å²) < 4.78 is 0. The molecule has 5 nitrogen and oxygen atoms in total. The van der Waals surface area contributed by atoms with Crippen LogP contribution < -0.4 is 16.3 Å². The number of hydrogen-bond donors (Lipinski definition) is 3. The molecule has 0 aliphatic rings. The van der Waals surface area contributed by atoms with Crippen molar-refractivity contribution in [1.82, 2.24) is 15.2 Å². The summed E-state index contributed by atoms with van der Waals surface area (Å²) in [6.07, 6.45) is 6.52. The van der Waals surface area contributed by atoms with Gasteiger partial charge in [0, 0.05) is 28.5 Å². The molecular weight excluding hydrogens is 190 g/mol. The van der Waals surface area contributed by atoms with Gasteiger partial charge in [-0.05, 0) is 6.07 Å². The second-order valence-electron chi connectivity index (χ2n) is 2.98. The lowest BCUT2D eigenvalue weighted by Gasteiger charge is -1.94. The van der Waals surface area contributed by atoms with Crippen LogP contribution in [0.4, 0.5) is 0 Å². The average molecular weight is 201 g/mol. The molecule has 5 heteroatoms. The highest BCUT2D eigenvalue weighted by Gasteiger charge is 2.02. The minimum atomic E-state index is 0.748. The van der Waals surface area contributed by atoms with Gasteiger partial charge in [-0.25, -0.2) is 4.99 Å². The number of aromatic nitrogens is 3. The molecule has 0 unspecified atom stereocenters. The third kappa shape index (κ3) is 1.67. The Morgan fingerprint density at radius 2 is 2.47 bits per heavy atom. The molecule has 0 aromatic carbocycles. The van der Waals surface area contributed by atoms with Gasteiger partial charge in [0.15, 0.2) is 0 Å². The Bertz CT molecular complexity index is 561. The van der Waals surface area contributed by atoms with Crippen molar-refractivity contribution in [2.75, 3.05) is 0 Å². The van der Waals surface area contributed by atoms with E-state index in [9.17, 15) is 0 Å². The van der Waals surface area contributed by atoms with Crippen LogP contribution in [-0.4, -0.2) is 21.5 Å². The average Bonchev–Trinajstić information content (AvgIpc) is 2.85. The first kappa shape index (κ1) is 9.26. The number of nitrogens with one attached hydrogen (secondary N) is 2. The lowest BCUT2D eigenvalue weighted by Crippen LogP contribution is -2.23. The third-order valence-corrected chi connectivity index (χ3v) is 2.06. The number of H-pyrrole nitrogens is 2. The summed E-state index contributed by atoms with van der Waals surface area (Å²) >= 11 is 0. The topological polar surface area (TPSA) is 82.8 Å². The van der Waals surface area contributed by atoms with Crippen LogP contribution in [0, 0.1) is 0 Å². The number of nitrogens with zero attached hydrogens (tertiary/aromatic N) is 2. The zero-order chi connectivity index (χ0) is 10.7. The Kier molecular flexibility index (Phi) is 2.37. The quantitative estimate of drug-likeness (QED) is 0.443. The Balaban J connectivity index is 2.75. The van der Waals surface area contributed by atoms with Gasteiger partial charge in [0.1, 0.15) is 0 Å². The van der Waals surface area contributed by atoms with Crippen molar-refractivity contribution in [3.8, 4) is 0 Å². The van der Waals surface area contributed by atoms with E-state index in [4.69, 9.17) is 5.73 Å². The van der Waals surface area contributed by atoms with Crippen LogP contribution in [0.15, 0.2) is 29.6 Å². The number of aromatic amines is 2. The molecule has 0 saturated heterocycles. The zero-order valence-electron chi connectivity index (χ0n) is 8.07. The fourth-order valence-corrected chi connectivity index (χ4v) is 1.38. The molecular formula is C10H11N5. The van der Waals surface area contributed by atoms with Crippen molar-refractivity contribution in [2.24, 2.45) is 10.7 Å². The molecule has 76 valence electrons. The van der Waals surface area contributed by atoms with Crippen LogP contribution in [0.3, 0.4) is 0 Å². The van der Waals surface area contributed by atoms with Gasteiger partial charge in [0.2, 0.25) is 0 Å². The van der Waals surface area contributed by atoms with E-state index in [2.05, 4.69) is 26.8 Å². The van der Waals surface area contributed by atoms with E-state index in [1.54, 1.807) is 12.4 Å². The molecule has 0 aliphatic heterocycles. The molecule has 4 N–H and O–H groups in total. The van der Waals surface area contributed by atoms with Crippen molar-refractivity contribution >= 4 is 18.6 Å². The molecule has 2 rings (SSSR count). The lowest BCUT2D eigenvalue weighted by molar-refractivity contribution is 1.09. The van der Waals surface area contributed by atoms with Crippen molar-refractivity contribution in [2.45, 2.75) is 0 Å². The van der Waals surface area contributed by atoms with Gasteiger partial charge in [-0.1, -0.05) is 6.58 Å². The molecule has 0 saturated carbocycles. The number of rotatable bonds is 2. The Labute approximate surface area is 86.0 Å². The monoisotopic (exact) mass is 201 g/mol. The van der Waals surface area contributed by atoms with Crippen LogP contribution in [0.5, 0.6) is 0 Å².